The summed E-state index contributed by atoms with van der Waals surface area (Å²) in [6.07, 6.45) is 32.5. The lowest BCUT2D eigenvalue weighted by Gasteiger charge is -2.38. The van der Waals surface area contributed by atoms with Gasteiger partial charge in [0.1, 0.15) is 43.6 Å². The van der Waals surface area contributed by atoms with E-state index in [4.69, 9.17) is 61.1 Å². The summed E-state index contributed by atoms with van der Waals surface area (Å²) in [5, 5.41) is 38.2. The molecule has 4 aliphatic heterocycles. The number of hydrogen-bond acceptors (Lipinski definition) is 21. The number of ether oxygens (including phenoxy) is 2. The molecule has 30 heteroatoms. The Kier molecular flexibility index (Phi) is 26.0. The lowest BCUT2D eigenvalue weighted by atomic mass is 9.78. The predicted octanol–water partition coefficient (Wildman–Crippen LogP) is 18.2. The van der Waals surface area contributed by atoms with Crippen molar-refractivity contribution < 1.29 is 24.2 Å². The fourth-order valence-corrected chi connectivity index (χ4v) is 21.2. The second-order valence-electron chi connectivity index (χ2n) is 37.1. The third-order valence-corrected chi connectivity index (χ3v) is 29.6. The molecule has 15 heterocycles. The number of nitrogens with two attached hydrogens (primary N) is 2. The molecule has 1 amide bonds. The SMILES string of the molecule is C=Cc1c(C2C[C@H]3CC[C@@H](C2)C3)nc2c(-c3ccc(-c4ccccc4)nc3)cnn2c1N(COCC[Si](C)(C)C)COCC[Si](C)(C)C.CCc1c(C2C[C@H]3CC[C@@H](C2)N3)nc2c(-c3ccc(-c4ccccc4)nc3)cnn2c1N.CCc1c(C2C[C@H]3CC[C@@H](C2)N3C(=O)c2ncn[nH]2)nc2c(-c3ccc(-c4ccccc4)nc3)cnn2c1N.O=C(O)c1ncn[nH]1. The number of anilines is 3. The number of carboxylic acid groups (broad SMARTS) is 1. The van der Waals surface area contributed by atoms with Crippen molar-refractivity contribution in [3.8, 4) is 67.2 Å². The average molecular weight is 1740 g/mol. The maximum atomic E-state index is 13.1. The van der Waals surface area contributed by atoms with Crippen LogP contribution in [0.25, 0.3) is 90.2 Å². The van der Waals surface area contributed by atoms with Gasteiger partial charge in [-0.05, 0) is 126 Å². The normalized spacial score (nSPS) is 19.9. The van der Waals surface area contributed by atoms with Crippen LogP contribution in [0.4, 0.5) is 17.5 Å². The monoisotopic (exact) mass is 1740 g/mol. The highest BCUT2D eigenvalue weighted by Crippen LogP contribution is 2.51. The van der Waals surface area contributed by atoms with E-state index in [9.17, 15) is 9.59 Å². The van der Waals surface area contributed by atoms with Gasteiger partial charge >= 0.3 is 5.97 Å². The van der Waals surface area contributed by atoms with Crippen molar-refractivity contribution >= 4 is 68.5 Å². The van der Waals surface area contributed by atoms with Crippen molar-refractivity contribution in [3.05, 3.63) is 229 Å². The number of H-pyrrole nitrogens is 2. The second-order valence-corrected chi connectivity index (χ2v) is 48.4. The number of nitrogens with zero attached hydrogens (tertiary/aromatic N) is 18. The van der Waals surface area contributed by atoms with Gasteiger partial charge in [0.25, 0.3) is 5.91 Å². The molecule has 6 bridgehead atoms. The topological polar surface area (TPSA) is 356 Å². The van der Waals surface area contributed by atoms with Crippen molar-refractivity contribution in [2.45, 2.75) is 203 Å². The van der Waals surface area contributed by atoms with Crippen molar-refractivity contribution in [1.82, 2.24) is 99.3 Å². The van der Waals surface area contributed by atoms with Crippen LogP contribution in [0.5, 0.6) is 0 Å². The first-order chi connectivity index (χ1) is 61.6. The number of carboxylic acids is 1. The minimum absolute atomic E-state index is 0.0679. The van der Waals surface area contributed by atoms with Gasteiger partial charge in [-0.25, -0.2) is 29.7 Å². The number of aromatic amines is 2. The summed E-state index contributed by atoms with van der Waals surface area (Å²) in [6.45, 7) is 25.3. The van der Waals surface area contributed by atoms with Gasteiger partial charge in [-0.1, -0.05) is 188 Å². The molecule has 20 rings (SSSR count). The van der Waals surface area contributed by atoms with Crippen LogP contribution in [-0.2, 0) is 22.3 Å². The van der Waals surface area contributed by atoms with Crippen LogP contribution in [0.3, 0.4) is 0 Å². The first-order valence-corrected chi connectivity index (χ1v) is 52.4. The lowest BCUT2D eigenvalue weighted by molar-refractivity contribution is 0.0556. The van der Waals surface area contributed by atoms with E-state index in [0.717, 1.165) is 219 Å². The molecule has 0 radical (unpaired) electrons. The summed E-state index contributed by atoms with van der Waals surface area (Å²) in [7, 11) is -2.48. The fraction of sp³-hybridized carbons (Fsp3) is 0.392. The number of rotatable bonds is 25. The van der Waals surface area contributed by atoms with E-state index in [1.165, 1.54) is 57.0 Å². The minimum atomic E-state index is -1.24. The first-order valence-electron chi connectivity index (χ1n) is 45.0. The number of amides is 1. The number of pyridine rings is 3. The van der Waals surface area contributed by atoms with Crippen LogP contribution >= 0.6 is 0 Å². The molecule has 127 heavy (non-hydrogen) atoms. The largest absolute Gasteiger partial charge is 0.475 e. The molecular formula is C97H115N23O5Si2. The van der Waals surface area contributed by atoms with E-state index >= 15 is 0 Å². The molecular weight excluding hydrogens is 1620 g/mol. The van der Waals surface area contributed by atoms with Crippen molar-refractivity contribution in [2.24, 2.45) is 11.8 Å². The molecule has 14 aromatic rings. The molecule has 4 saturated heterocycles. The van der Waals surface area contributed by atoms with Gasteiger partial charge in [0.2, 0.25) is 11.6 Å². The van der Waals surface area contributed by atoms with Crippen LogP contribution in [0.15, 0.2) is 184 Å². The first kappa shape index (κ1) is 86.7. The van der Waals surface area contributed by atoms with E-state index in [2.05, 4.69) is 177 Å². The average Bonchev–Trinajstić information content (AvgIpc) is 1.63. The molecule has 6 fully saturated rings. The maximum absolute atomic E-state index is 13.1. The van der Waals surface area contributed by atoms with E-state index in [1.807, 2.05) is 113 Å². The van der Waals surface area contributed by atoms with Gasteiger partial charge < -0.3 is 41.2 Å². The Hall–Kier alpha value is -12.4. The smallest absolute Gasteiger partial charge is 0.373 e. The number of aromatic carboxylic acids is 1. The van der Waals surface area contributed by atoms with Gasteiger partial charge in [-0.15, -0.1) is 0 Å². The van der Waals surface area contributed by atoms with Gasteiger partial charge in [0.05, 0.1) is 52.8 Å². The van der Waals surface area contributed by atoms with Crippen LogP contribution < -0.4 is 21.7 Å². The number of piperidine rings is 2. The lowest BCUT2D eigenvalue weighted by Crippen LogP contribution is -2.46. The van der Waals surface area contributed by atoms with E-state index in [-0.39, 0.29) is 29.7 Å². The second kappa shape index (κ2) is 38.1. The third-order valence-electron chi connectivity index (χ3n) is 26.2. The summed E-state index contributed by atoms with van der Waals surface area (Å²) in [5.74, 6) is 3.97. The molecule has 2 saturated carbocycles. The Bertz CT molecular complexity index is 6060. The van der Waals surface area contributed by atoms with Gasteiger partial charge in [0.15, 0.2) is 16.9 Å². The van der Waals surface area contributed by atoms with E-state index in [1.54, 1.807) is 9.03 Å². The minimum Gasteiger partial charge on any atom is -0.475 e. The summed E-state index contributed by atoms with van der Waals surface area (Å²) in [6, 6.07) is 46.9. The molecule has 8 N–H and O–H groups in total. The number of benzene rings is 3. The third kappa shape index (κ3) is 19.2. The zero-order valence-corrected chi connectivity index (χ0v) is 75.9. The molecule has 2 aliphatic carbocycles. The Morgan fingerprint density at radius 3 is 1.28 bits per heavy atom. The molecule has 6 aliphatic rings. The Balaban J connectivity index is 0.000000130. The number of carbonyl (C=O) groups is 2. The standard InChI is InChI=1S/C39H55N5O2Si2.C29H29N9O.C26H28N6.C3H3N3O2/c1-8-34-37(33-23-29-14-15-30(22-29)24-33)42-38-35(32-16-17-36(40-25-32)31-12-10-9-11-13-31)26-41-44(38)39(34)43(27-45-18-20-47(2,3)4)28-46-19-21-48(5,6)7;1-2-22-25(19-12-20-9-10-21(13-19)37(20)29(39)27-32-16-33-36-27)35-28-23(15-34-38(28)26(22)30)18-8-11-24(31-14-18)17-6-4-3-5-7-17;1-2-21-24(18-12-19-9-10-20(13-18)30-19)31-26-22(15-29-32(26)25(21)27)17-8-11-23(28-14-17)16-6-4-3-5-7-16;7-3(8)2-4-1-5-6-2/h8-13,16-17,25-26,29-30,33H,1,14-15,18-24,27-28H2,2-7H3;3-8,11,14-16,19-21H,2,9-10,12-13,30H2,1H3,(H,32,33,36);3-8,11,14-15,18-20,30H,2,9-10,12-13,27H2,1H3;1H,(H,7,8)(H,4,5,6)/t29-,30+,33?;19?,20-,21+;18?,19-,20+;. The summed E-state index contributed by atoms with van der Waals surface area (Å²) < 4.78 is 18.4. The zero-order valence-electron chi connectivity index (χ0n) is 73.9. The molecule has 0 spiro atoms. The van der Waals surface area contributed by atoms with E-state index in [0.29, 0.717) is 49.0 Å². The Morgan fingerprint density at radius 2 is 0.898 bits per heavy atom. The molecule has 28 nitrogen and oxygen atoms in total. The summed E-state index contributed by atoms with van der Waals surface area (Å²) >= 11 is 0. The van der Waals surface area contributed by atoms with Crippen LogP contribution in [-0.4, -0.2) is 178 Å². The molecule has 3 unspecified atom stereocenters. The van der Waals surface area contributed by atoms with Gasteiger partial charge in [-0.2, -0.15) is 39.0 Å². The number of carbonyl (C=O) groups excluding carboxylic acids is 1. The van der Waals surface area contributed by atoms with Gasteiger partial charge in [-0.3, -0.25) is 29.9 Å². The number of hydrogen-bond donors (Lipinski definition) is 6. The van der Waals surface area contributed by atoms with Crippen molar-refractivity contribution in [2.75, 3.05) is 43.0 Å². The highest BCUT2D eigenvalue weighted by molar-refractivity contribution is 6.76. The highest BCUT2D eigenvalue weighted by Gasteiger charge is 2.46. The zero-order chi connectivity index (χ0) is 88.0. The highest BCUT2D eigenvalue weighted by atomic mass is 28.3. The molecule has 9 atom stereocenters. The fourth-order valence-electron chi connectivity index (χ4n) is 19.7. The summed E-state index contributed by atoms with van der Waals surface area (Å²) in [4.78, 5) is 64.9. The predicted molar refractivity (Wildman–Crippen MR) is 502 cm³/mol. The molecule has 656 valence electrons. The maximum Gasteiger partial charge on any atom is 0.373 e. The van der Waals surface area contributed by atoms with Crippen molar-refractivity contribution in [3.63, 3.8) is 0 Å². The van der Waals surface area contributed by atoms with Gasteiger partial charge in [0, 0.05) is 157 Å². The van der Waals surface area contributed by atoms with Crippen LogP contribution in [0.2, 0.25) is 51.4 Å². The molecule has 11 aromatic heterocycles. The van der Waals surface area contributed by atoms with Crippen LogP contribution in [0, 0.1) is 11.8 Å². The van der Waals surface area contributed by atoms with Crippen molar-refractivity contribution in [1.29, 1.82) is 0 Å². The summed E-state index contributed by atoms with van der Waals surface area (Å²) in [5.41, 5.74) is 34.3. The Morgan fingerprint density at radius 1 is 0.488 bits per heavy atom. The number of aromatic nitrogens is 18. The number of nitrogens with one attached hydrogen (secondary N) is 3. The number of fused-ring (bicyclic) bond motifs is 9. The molecule has 3 aromatic carbocycles. The Labute approximate surface area is 742 Å². The quantitative estimate of drug-likeness (QED) is 0.0176. The van der Waals surface area contributed by atoms with Crippen LogP contribution in [0.1, 0.15) is 170 Å². The van der Waals surface area contributed by atoms with E-state index < -0.39 is 22.1 Å². The number of nitrogen functional groups attached to an aromatic ring is 2.